The van der Waals surface area contributed by atoms with Crippen LogP contribution in [0.4, 0.5) is 11.4 Å². The molecule has 1 aliphatic rings. The largest absolute Gasteiger partial charge is 0.371 e. The smallest absolute Gasteiger partial charge is 0.0988 e. The van der Waals surface area contributed by atoms with E-state index in [4.69, 9.17) is 4.74 Å². The minimum Gasteiger partial charge on any atom is -0.371 e. The maximum atomic E-state index is 5.34. The van der Waals surface area contributed by atoms with Gasteiger partial charge in [0.05, 0.1) is 19.3 Å². The van der Waals surface area contributed by atoms with Crippen LogP contribution < -0.4 is 4.90 Å². The highest BCUT2D eigenvalue weighted by molar-refractivity contribution is 5.63. The zero-order valence-corrected chi connectivity index (χ0v) is 9.62. The van der Waals surface area contributed by atoms with E-state index in [1.54, 1.807) is 0 Å². The summed E-state index contributed by atoms with van der Waals surface area (Å²) in [4.78, 5) is 2.30. The second-order valence-electron chi connectivity index (χ2n) is 4.24. The van der Waals surface area contributed by atoms with Crippen LogP contribution in [0.5, 0.6) is 0 Å². The van der Waals surface area contributed by atoms with Gasteiger partial charge in [0, 0.05) is 11.4 Å². The Morgan fingerprint density at radius 1 is 0.882 bits per heavy atom. The van der Waals surface area contributed by atoms with Gasteiger partial charge in [0.25, 0.3) is 0 Å². The van der Waals surface area contributed by atoms with Crippen molar-refractivity contribution in [3.63, 3.8) is 0 Å². The van der Waals surface area contributed by atoms with Crippen LogP contribution >= 0.6 is 0 Å². The van der Waals surface area contributed by atoms with Gasteiger partial charge in [-0.3, -0.25) is 0 Å². The molecule has 86 valence electrons. The maximum absolute atomic E-state index is 5.34. The number of hydrogen-bond donors (Lipinski definition) is 0. The van der Waals surface area contributed by atoms with Gasteiger partial charge in [-0.15, -0.1) is 0 Å². The average molecular weight is 225 g/mol. The van der Waals surface area contributed by atoms with Gasteiger partial charge >= 0.3 is 0 Å². The molecule has 0 spiro atoms. The van der Waals surface area contributed by atoms with Crippen LogP contribution in [-0.2, 0) is 4.74 Å². The molecule has 17 heavy (non-hydrogen) atoms. The molecule has 1 aliphatic heterocycles. The minimum absolute atomic E-state index is 0.385. The van der Waals surface area contributed by atoms with Crippen LogP contribution in [0.15, 0.2) is 60.7 Å². The van der Waals surface area contributed by atoms with E-state index in [-0.39, 0.29) is 0 Å². The van der Waals surface area contributed by atoms with E-state index in [9.17, 15) is 0 Å². The average Bonchev–Trinajstić information content (AvgIpc) is 3.22. The lowest BCUT2D eigenvalue weighted by atomic mass is 10.2. The van der Waals surface area contributed by atoms with Crippen molar-refractivity contribution in [1.29, 1.82) is 0 Å². The molecule has 2 aromatic rings. The molecule has 0 amide bonds. The van der Waals surface area contributed by atoms with Crippen LogP contribution in [-0.4, -0.2) is 19.3 Å². The predicted molar refractivity (Wildman–Crippen MR) is 69.6 cm³/mol. The summed E-state index contributed by atoms with van der Waals surface area (Å²) >= 11 is 0. The van der Waals surface area contributed by atoms with E-state index in [0.29, 0.717) is 6.10 Å². The second-order valence-corrected chi connectivity index (χ2v) is 4.24. The Morgan fingerprint density at radius 3 is 1.76 bits per heavy atom. The van der Waals surface area contributed by atoms with Crippen LogP contribution in [0, 0.1) is 0 Å². The molecule has 1 heterocycles. The second kappa shape index (κ2) is 4.60. The van der Waals surface area contributed by atoms with E-state index in [0.717, 1.165) is 13.2 Å². The molecule has 0 aromatic heterocycles. The molecular formula is C15H15NO. The standard InChI is InChI=1S/C15H15NO/c1-3-7-13(8-4-1)16(11-15-12-17-15)14-9-5-2-6-10-14/h1-10,15H,11-12H2/t15-/m1/s1. The summed E-state index contributed by atoms with van der Waals surface area (Å²) in [6.45, 7) is 1.81. The number of epoxide rings is 1. The van der Waals surface area contributed by atoms with Gasteiger partial charge in [-0.2, -0.15) is 0 Å². The van der Waals surface area contributed by atoms with E-state index >= 15 is 0 Å². The summed E-state index contributed by atoms with van der Waals surface area (Å²) in [6, 6.07) is 20.9. The van der Waals surface area contributed by atoms with Gasteiger partial charge in [0.1, 0.15) is 0 Å². The molecule has 2 nitrogen and oxygen atoms in total. The Morgan fingerprint density at radius 2 is 1.35 bits per heavy atom. The van der Waals surface area contributed by atoms with Gasteiger partial charge in [-0.1, -0.05) is 36.4 Å². The van der Waals surface area contributed by atoms with Crippen molar-refractivity contribution in [1.82, 2.24) is 0 Å². The normalized spacial score (nSPS) is 17.8. The van der Waals surface area contributed by atoms with E-state index in [1.807, 2.05) is 12.1 Å². The number of ether oxygens (including phenoxy) is 1. The number of para-hydroxylation sites is 2. The number of benzene rings is 2. The van der Waals surface area contributed by atoms with Crippen molar-refractivity contribution >= 4 is 11.4 Å². The van der Waals surface area contributed by atoms with Gasteiger partial charge in [0.2, 0.25) is 0 Å². The van der Waals surface area contributed by atoms with E-state index < -0.39 is 0 Å². The Labute approximate surface area is 101 Å². The third-order valence-electron chi connectivity index (χ3n) is 2.92. The van der Waals surface area contributed by atoms with Crippen molar-refractivity contribution in [3.8, 4) is 0 Å². The number of anilines is 2. The highest BCUT2D eigenvalue weighted by Crippen LogP contribution is 2.27. The molecular weight excluding hydrogens is 210 g/mol. The Balaban J connectivity index is 1.91. The summed E-state index contributed by atoms with van der Waals surface area (Å²) < 4.78 is 5.34. The fourth-order valence-electron chi connectivity index (χ4n) is 1.95. The lowest BCUT2D eigenvalue weighted by molar-refractivity contribution is 0.411. The lowest BCUT2D eigenvalue weighted by Gasteiger charge is -2.24. The molecule has 0 aliphatic carbocycles. The van der Waals surface area contributed by atoms with Gasteiger partial charge in [0.15, 0.2) is 0 Å². The molecule has 0 N–H and O–H groups in total. The summed E-state index contributed by atoms with van der Waals surface area (Å²) in [7, 11) is 0. The van der Waals surface area contributed by atoms with E-state index in [1.165, 1.54) is 11.4 Å². The monoisotopic (exact) mass is 225 g/mol. The van der Waals surface area contributed by atoms with Crippen LogP contribution in [0.1, 0.15) is 0 Å². The topological polar surface area (TPSA) is 15.8 Å². The predicted octanol–water partition coefficient (Wildman–Crippen LogP) is 3.22. The highest BCUT2D eigenvalue weighted by Gasteiger charge is 2.26. The first-order valence-electron chi connectivity index (χ1n) is 5.93. The zero-order chi connectivity index (χ0) is 11.5. The first-order valence-corrected chi connectivity index (χ1v) is 5.93. The summed E-state index contributed by atoms with van der Waals surface area (Å²) in [5.74, 6) is 0. The highest BCUT2D eigenvalue weighted by atomic mass is 16.6. The number of rotatable bonds is 4. The Bertz CT molecular complexity index is 425. The summed E-state index contributed by atoms with van der Waals surface area (Å²) in [6.07, 6.45) is 0.385. The molecule has 1 saturated heterocycles. The molecule has 0 unspecified atom stereocenters. The Hall–Kier alpha value is -1.80. The fraction of sp³-hybridized carbons (Fsp3) is 0.200. The fourth-order valence-corrected chi connectivity index (χ4v) is 1.95. The quantitative estimate of drug-likeness (QED) is 0.742. The zero-order valence-electron chi connectivity index (χ0n) is 9.62. The molecule has 2 aromatic carbocycles. The third kappa shape index (κ3) is 2.48. The summed E-state index contributed by atoms with van der Waals surface area (Å²) in [5.41, 5.74) is 2.43. The van der Waals surface area contributed by atoms with Gasteiger partial charge < -0.3 is 9.64 Å². The van der Waals surface area contributed by atoms with Crippen molar-refractivity contribution in [2.75, 3.05) is 18.1 Å². The summed E-state index contributed by atoms with van der Waals surface area (Å²) in [5, 5.41) is 0. The molecule has 1 atom stereocenters. The SMILES string of the molecule is c1ccc(N(C[C@@H]2CO2)c2ccccc2)cc1. The molecule has 0 bridgehead atoms. The molecule has 3 rings (SSSR count). The molecule has 0 saturated carbocycles. The van der Waals surface area contributed by atoms with Crippen molar-refractivity contribution in [3.05, 3.63) is 60.7 Å². The first kappa shape index (κ1) is 10.4. The molecule has 2 heteroatoms. The molecule has 1 fully saturated rings. The van der Waals surface area contributed by atoms with E-state index in [2.05, 4.69) is 53.4 Å². The third-order valence-corrected chi connectivity index (χ3v) is 2.92. The van der Waals surface area contributed by atoms with Crippen molar-refractivity contribution < 1.29 is 4.74 Å². The van der Waals surface area contributed by atoms with Gasteiger partial charge in [-0.25, -0.2) is 0 Å². The van der Waals surface area contributed by atoms with Crippen LogP contribution in [0.25, 0.3) is 0 Å². The minimum atomic E-state index is 0.385. The Kier molecular flexibility index (Phi) is 2.80. The van der Waals surface area contributed by atoms with Crippen molar-refractivity contribution in [2.24, 2.45) is 0 Å². The molecule has 0 radical (unpaired) electrons. The van der Waals surface area contributed by atoms with Crippen molar-refractivity contribution in [2.45, 2.75) is 6.10 Å². The lowest BCUT2D eigenvalue weighted by Crippen LogP contribution is -2.22. The van der Waals surface area contributed by atoms with Crippen LogP contribution in [0.2, 0.25) is 0 Å². The first-order chi connectivity index (χ1) is 8.43. The van der Waals surface area contributed by atoms with Crippen LogP contribution in [0.3, 0.4) is 0 Å². The number of nitrogens with zero attached hydrogens (tertiary/aromatic N) is 1. The maximum Gasteiger partial charge on any atom is 0.0988 e. The number of hydrogen-bond acceptors (Lipinski definition) is 2. The van der Waals surface area contributed by atoms with Gasteiger partial charge in [-0.05, 0) is 24.3 Å².